The number of rotatable bonds is 4. The van der Waals surface area contributed by atoms with Crippen molar-refractivity contribution in [2.45, 2.75) is 23.8 Å². The second-order valence-corrected chi connectivity index (χ2v) is 5.41. The van der Waals surface area contributed by atoms with Gasteiger partial charge in [0.1, 0.15) is 5.75 Å². The molecule has 2 rings (SSSR count). The van der Waals surface area contributed by atoms with Crippen molar-refractivity contribution in [3.8, 4) is 5.75 Å². The Bertz CT molecular complexity index is 368. The highest BCUT2D eigenvalue weighted by molar-refractivity contribution is 7.99. The molecule has 0 radical (unpaired) electrons. The molecule has 0 spiro atoms. The van der Waals surface area contributed by atoms with E-state index in [0.29, 0.717) is 11.7 Å². The van der Waals surface area contributed by atoms with Crippen LogP contribution in [0.2, 0.25) is 0 Å². The molecule has 0 aliphatic carbocycles. The van der Waals surface area contributed by atoms with Crippen LogP contribution in [-0.2, 0) is 10.5 Å². The molecule has 1 fully saturated rings. The Morgan fingerprint density at radius 3 is 2.76 bits per heavy atom. The minimum Gasteiger partial charge on any atom is -0.497 e. The average Bonchev–Trinajstić information content (AvgIpc) is 2.39. The van der Waals surface area contributed by atoms with Crippen LogP contribution in [0, 0.1) is 0 Å². The highest BCUT2D eigenvalue weighted by Crippen LogP contribution is 2.24. The van der Waals surface area contributed by atoms with Crippen molar-refractivity contribution in [2.24, 2.45) is 0 Å². The number of hydrogen-bond acceptors (Lipinski definition) is 3. The minimum absolute atomic E-state index is 0.186. The number of benzene rings is 1. The van der Waals surface area contributed by atoms with E-state index in [-0.39, 0.29) is 5.91 Å². The monoisotopic (exact) mass is 251 g/mol. The van der Waals surface area contributed by atoms with Gasteiger partial charge in [-0.2, -0.15) is 11.8 Å². The lowest BCUT2D eigenvalue weighted by molar-refractivity contribution is -0.122. The van der Waals surface area contributed by atoms with Crippen LogP contribution < -0.4 is 10.1 Å². The normalized spacial score (nSPS) is 19.8. The summed E-state index contributed by atoms with van der Waals surface area (Å²) in [5.74, 6) is 2.07. The number of piperidine rings is 1. The third-order valence-corrected chi connectivity index (χ3v) is 4.24. The molecule has 0 aromatic heterocycles. The van der Waals surface area contributed by atoms with Gasteiger partial charge in [-0.15, -0.1) is 0 Å². The smallest absolute Gasteiger partial charge is 0.220 e. The Balaban J connectivity index is 1.79. The van der Waals surface area contributed by atoms with Crippen LogP contribution in [0.5, 0.6) is 5.75 Å². The second-order valence-electron chi connectivity index (χ2n) is 4.12. The number of carbonyl (C=O) groups is 1. The predicted molar refractivity (Wildman–Crippen MR) is 70.3 cm³/mol. The van der Waals surface area contributed by atoms with E-state index in [2.05, 4.69) is 17.4 Å². The van der Waals surface area contributed by atoms with Crippen LogP contribution in [0.15, 0.2) is 24.3 Å². The maximum Gasteiger partial charge on any atom is 0.220 e. The van der Waals surface area contributed by atoms with Gasteiger partial charge < -0.3 is 10.1 Å². The van der Waals surface area contributed by atoms with Gasteiger partial charge in [0, 0.05) is 24.0 Å². The summed E-state index contributed by atoms with van der Waals surface area (Å²) in [4.78, 5) is 11.0. The van der Waals surface area contributed by atoms with Crippen LogP contribution >= 0.6 is 11.8 Å². The van der Waals surface area contributed by atoms with E-state index in [1.165, 1.54) is 5.56 Å². The van der Waals surface area contributed by atoms with Gasteiger partial charge in [-0.25, -0.2) is 0 Å². The molecule has 1 aromatic carbocycles. The van der Waals surface area contributed by atoms with Crippen molar-refractivity contribution < 1.29 is 9.53 Å². The molecule has 1 saturated heterocycles. The third-order valence-electron chi connectivity index (χ3n) is 2.87. The van der Waals surface area contributed by atoms with E-state index in [1.54, 1.807) is 7.11 Å². The SMILES string of the molecule is COc1ccc(CSC2CCC(=O)NC2)cc1. The minimum atomic E-state index is 0.186. The third kappa shape index (κ3) is 3.66. The lowest BCUT2D eigenvalue weighted by Gasteiger charge is -2.21. The highest BCUT2D eigenvalue weighted by atomic mass is 32.2. The van der Waals surface area contributed by atoms with Gasteiger partial charge >= 0.3 is 0 Å². The van der Waals surface area contributed by atoms with E-state index >= 15 is 0 Å². The van der Waals surface area contributed by atoms with Crippen LogP contribution in [0.1, 0.15) is 18.4 Å². The summed E-state index contributed by atoms with van der Waals surface area (Å²) < 4.78 is 5.12. The molecular formula is C13H17NO2S. The van der Waals surface area contributed by atoms with Crippen LogP contribution in [-0.4, -0.2) is 24.8 Å². The van der Waals surface area contributed by atoms with Gasteiger partial charge in [0.2, 0.25) is 5.91 Å². The Morgan fingerprint density at radius 1 is 1.41 bits per heavy atom. The van der Waals surface area contributed by atoms with Gasteiger partial charge in [0.15, 0.2) is 0 Å². The fourth-order valence-electron chi connectivity index (χ4n) is 1.79. The van der Waals surface area contributed by atoms with Crippen LogP contribution in [0.25, 0.3) is 0 Å². The Hall–Kier alpha value is -1.16. The van der Waals surface area contributed by atoms with E-state index in [4.69, 9.17) is 4.74 Å². The molecule has 1 aromatic rings. The summed E-state index contributed by atoms with van der Waals surface area (Å²) in [6, 6.07) is 8.15. The maximum atomic E-state index is 11.0. The molecule has 3 nitrogen and oxygen atoms in total. The molecule has 1 aliphatic heterocycles. The molecule has 1 amide bonds. The van der Waals surface area contributed by atoms with Crippen LogP contribution in [0.3, 0.4) is 0 Å². The molecule has 4 heteroatoms. The van der Waals surface area contributed by atoms with E-state index in [0.717, 1.165) is 24.5 Å². The summed E-state index contributed by atoms with van der Waals surface area (Å²) in [5, 5.41) is 3.46. The summed E-state index contributed by atoms with van der Waals surface area (Å²) in [6.07, 6.45) is 1.66. The number of ether oxygens (including phenoxy) is 1. The molecule has 17 heavy (non-hydrogen) atoms. The summed E-state index contributed by atoms with van der Waals surface area (Å²) in [7, 11) is 1.68. The summed E-state index contributed by atoms with van der Waals surface area (Å²) >= 11 is 1.91. The van der Waals surface area contributed by atoms with Crippen molar-refractivity contribution in [1.29, 1.82) is 0 Å². The first-order valence-electron chi connectivity index (χ1n) is 5.79. The zero-order valence-electron chi connectivity index (χ0n) is 9.94. The molecule has 92 valence electrons. The van der Waals surface area contributed by atoms with Gasteiger partial charge in [-0.3, -0.25) is 4.79 Å². The molecular weight excluding hydrogens is 234 g/mol. The topological polar surface area (TPSA) is 38.3 Å². The molecule has 0 bridgehead atoms. The fourth-order valence-corrected chi connectivity index (χ4v) is 2.89. The number of nitrogens with one attached hydrogen (secondary N) is 1. The number of carbonyl (C=O) groups excluding carboxylic acids is 1. The van der Waals surface area contributed by atoms with Gasteiger partial charge in [-0.05, 0) is 24.1 Å². The van der Waals surface area contributed by atoms with Crippen LogP contribution in [0.4, 0.5) is 0 Å². The standard InChI is InChI=1S/C13H17NO2S/c1-16-11-4-2-10(3-5-11)9-17-12-6-7-13(15)14-8-12/h2-5,12H,6-9H2,1H3,(H,14,15). The first kappa shape index (κ1) is 12.3. The van der Waals surface area contributed by atoms with Gasteiger partial charge in [-0.1, -0.05) is 12.1 Å². The Morgan fingerprint density at radius 2 is 2.18 bits per heavy atom. The van der Waals surface area contributed by atoms with Crippen molar-refractivity contribution in [1.82, 2.24) is 5.32 Å². The number of amides is 1. The predicted octanol–water partition coefficient (Wildman–Crippen LogP) is 2.21. The van der Waals surface area contributed by atoms with Crippen molar-refractivity contribution in [2.75, 3.05) is 13.7 Å². The number of hydrogen-bond donors (Lipinski definition) is 1. The summed E-state index contributed by atoms with van der Waals surface area (Å²) in [6.45, 7) is 0.805. The van der Waals surface area contributed by atoms with E-state index < -0.39 is 0 Å². The zero-order chi connectivity index (χ0) is 12.1. The fraction of sp³-hybridized carbons (Fsp3) is 0.462. The molecule has 1 N–H and O–H groups in total. The summed E-state index contributed by atoms with van der Waals surface area (Å²) in [5.41, 5.74) is 1.30. The molecule has 1 heterocycles. The lowest BCUT2D eigenvalue weighted by atomic mass is 10.1. The quantitative estimate of drug-likeness (QED) is 0.891. The Kier molecular flexibility index (Phi) is 4.31. The first-order valence-corrected chi connectivity index (χ1v) is 6.84. The average molecular weight is 251 g/mol. The molecule has 1 atom stereocenters. The lowest BCUT2D eigenvalue weighted by Crippen LogP contribution is -2.36. The van der Waals surface area contributed by atoms with Crippen molar-refractivity contribution in [3.05, 3.63) is 29.8 Å². The molecule has 1 aliphatic rings. The largest absolute Gasteiger partial charge is 0.497 e. The van der Waals surface area contributed by atoms with Crippen molar-refractivity contribution in [3.63, 3.8) is 0 Å². The first-order chi connectivity index (χ1) is 8.28. The van der Waals surface area contributed by atoms with Crippen molar-refractivity contribution >= 4 is 17.7 Å². The number of methoxy groups -OCH3 is 1. The second kappa shape index (κ2) is 5.96. The van der Waals surface area contributed by atoms with Gasteiger partial charge in [0.05, 0.1) is 7.11 Å². The number of thioether (sulfide) groups is 1. The zero-order valence-corrected chi connectivity index (χ0v) is 10.8. The molecule has 0 saturated carbocycles. The van der Waals surface area contributed by atoms with Gasteiger partial charge in [0.25, 0.3) is 0 Å². The highest BCUT2D eigenvalue weighted by Gasteiger charge is 2.17. The van der Waals surface area contributed by atoms with E-state index in [9.17, 15) is 4.79 Å². The Labute approximate surface area is 106 Å². The molecule has 1 unspecified atom stereocenters. The van der Waals surface area contributed by atoms with E-state index in [1.807, 2.05) is 23.9 Å². The maximum absolute atomic E-state index is 11.0.